The summed E-state index contributed by atoms with van der Waals surface area (Å²) >= 11 is 1.54. The van der Waals surface area contributed by atoms with Crippen LogP contribution in [0, 0.1) is 0 Å². The van der Waals surface area contributed by atoms with Gasteiger partial charge in [0.1, 0.15) is 6.33 Å². The Morgan fingerprint density at radius 3 is 2.29 bits per heavy atom. The van der Waals surface area contributed by atoms with Gasteiger partial charge in [0.05, 0.1) is 11.4 Å². The average Bonchev–Trinajstić information content (AvgIpc) is 3.30. The predicted octanol–water partition coefficient (Wildman–Crippen LogP) is 2.54. The molecule has 0 aliphatic heterocycles. The van der Waals surface area contributed by atoms with Crippen LogP contribution >= 0.6 is 11.8 Å². The summed E-state index contributed by atoms with van der Waals surface area (Å²) in [7, 11) is 0. The molecule has 0 saturated heterocycles. The van der Waals surface area contributed by atoms with Crippen LogP contribution in [0.15, 0.2) is 72.1 Å². The Morgan fingerprint density at radius 2 is 1.54 bits per heavy atom. The Morgan fingerprint density at radius 1 is 0.833 bits per heavy atom. The maximum atomic E-state index is 4.19. The highest BCUT2D eigenvalue weighted by molar-refractivity contribution is 7.98. The Bertz CT molecular complexity index is 840. The molecule has 0 bridgehead atoms. The quantitative estimate of drug-likeness (QED) is 0.522. The van der Waals surface area contributed by atoms with Crippen LogP contribution in [0.1, 0.15) is 5.82 Å². The molecule has 0 N–H and O–H groups in total. The van der Waals surface area contributed by atoms with Crippen LogP contribution in [0.25, 0.3) is 11.4 Å². The van der Waals surface area contributed by atoms with E-state index in [9.17, 15) is 0 Å². The molecule has 0 fully saturated rings. The van der Waals surface area contributed by atoms with E-state index < -0.39 is 0 Å². The summed E-state index contributed by atoms with van der Waals surface area (Å²) in [6.45, 7) is 0. The lowest BCUT2D eigenvalue weighted by molar-refractivity contribution is 0.777. The molecule has 0 aliphatic carbocycles. The molecule has 118 valence electrons. The fraction of sp³-hybridized carbons (Fsp3) is 0.0625. The Kier molecular flexibility index (Phi) is 4.03. The van der Waals surface area contributed by atoms with Crippen molar-refractivity contribution in [3.63, 3.8) is 0 Å². The standard InChI is InChI=1S/C16H13N7S/c1-3-7-13(8-4-1)22-12-17-19-16(22)24-11-15-18-20-21-23(15)14-9-5-2-6-10-14/h1-10,12H,11H2. The highest BCUT2D eigenvalue weighted by atomic mass is 32.2. The first-order valence-electron chi connectivity index (χ1n) is 7.33. The molecular weight excluding hydrogens is 322 g/mol. The zero-order valence-corrected chi connectivity index (χ0v) is 13.4. The summed E-state index contributed by atoms with van der Waals surface area (Å²) in [6, 6.07) is 19.8. The first kappa shape index (κ1) is 14.6. The third-order valence-electron chi connectivity index (χ3n) is 3.42. The van der Waals surface area contributed by atoms with Crippen LogP contribution in [-0.2, 0) is 5.75 Å². The molecule has 0 atom stereocenters. The van der Waals surface area contributed by atoms with Crippen LogP contribution in [0.2, 0.25) is 0 Å². The number of hydrogen-bond acceptors (Lipinski definition) is 6. The molecule has 2 heterocycles. The molecule has 7 nitrogen and oxygen atoms in total. The van der Waals surface area contributed by atoms with Gasteiger partial charge >= 0.3 is 0 Å². The van der Waals surface area contributed by atoms with E-state index in [2.05, 4.69) is 25.7 Å². The minimum absolute atomic E-state index is 0.591. The topological polar surface area (TPSA) is 74.3 Å². The Hall–Kier alpha value is -3.00. The highest BCUT2D eigenvalue weighted by Crippen LogP contribution is 2.23. The van der Waals surface area contributed by atoms with E-state index in [-0.39, 0.29) is 0 Å². The van der Waals surface area contributed by atoms with Gasteiger partial charge in [-0.25, -0.2) is 0 Å². The molecule has 0 aliphatic rings. The molecular formula is C16H13N7S. The van der Waals surface area contributed by atoms with Gasteiger partial charge in [0, 0.05) is 5.69 Å². The van der Waals surface area contributed by atoms with E-state index >= 15 is 0 Å². The zero-order chi connectivity index (χ0) is 16.2. The predicted molar refractivity (Wildman–Crippen MR) is 90.1 cm³/mol. The van der Waals surface area contributed by atoms with Crippen molar-refractivity contribution >= 4 is 11.8 Å². The second-order valence-corrected chi connectivity index (χ2v) is 5.89. The maximum Gasteiger partial charge on any atom is 0.196 e. The fourth-order valence-electron chi connectivity index (χ4n) is 2.28. The number of hydrogen-bond donors (Lipinski definition) is 0. The molecule has 0 saturated carbocycles. The number of tetrazole rings is 1. The highest BCUT2D eigenvalue weighted by Gasteiger charge is 2.12. The Balaban J connectivity index is 1.56. The molecule has 2 aromatic heterocycles. The minimum Gasteiger partial charge on any atom is -0.277 e. The second kappa shape index (κ2) is 6.63. The van der Waals surface area contributed by atoms with Gasteiger partial charge in [-0.2, -0.15) is 4.68 Å². The summed E-state index contributed by atoms with van der Waals surface area (Å²) in [5, 5.41) is 21.0. The van der Waals surface area contributed by atoms with Crippen molar-refractivity contribution in [1.82, 2.24) is 35.0 Å². The van der Waals surface area contributed by atoms with Crippen molar-refractivity contribution < 1.29 is 0 Å². The van der Waals surface area contributed by atoms with Crippen molar-refractivity contribution in [3.05, 3.63) is 72.8 Å². The third-order valence-corrected chi connectivity index (χ3v) is 4.36. The number of benzene rings is 2. The van der Waals surface area contributed by atoms with Crippen molar-refractivity contribution in [1.29, 1.82) is 0 Å². The smallest absolute Gasteiger partial charge is 0.196 e. The molecule has 0 amide bonds. The summed E-state index contributed by atoms with van der Waals surface area (Å²) in [5.41, 5.74) is 1.95. The first-order valence-corrected chi connectivity index (χ1v) is 8.31. The second-order valence-electron chi connectivity index (χ2n) is 4.95. The summed E-state index contributed by atoms with van der Waals surface area (Å²) in [4.78, 5) is 0. The van der Waals surface area contributed by atoms with Crippen molar-refractivity contribution in [3.8, 4) is 11.4 Å². The number of rotatable bonds is 5. The minimum atomic E-state index is 0.591. The number of aromatic nitrogens is 7. The molecule has 0 radical (unpaired) electrons. The molecule has 4 aromatic rings. The molecule has 24 heavy (non-hydrogen) atoms. The van der Waals surface area contributed by atoms with E-state index in [1.165, 1.54) is 0 Å². The molecule has 4 rings (SSSR count). The Labute approximate surface area is 142 Å². The van der Waals surface area contributed by atoms with Gasteiger partial charge in [0.15, 0.2) is 11.0 Å². The van der Waals surface area contributed by atoms with E-state index in [1.54, 1.807) is 22.8 Å². The molecule has 2 aromatic carbocycles. The van der Waals surface area contributed by atoms with Crippen molar-refractivity contribution in [2.24, 2.45) is 0 Å². The van der Waals surface area contributed by atoms with Gasteiger partial charge < -0.3 is 0 Å². The largest absolute Gasteiger partial charge is 0.277 e. The van der Waals surface area contributed by atoms with Crippen LogP contribution in [0.3, 0.4) is 0 Å². The van der Waals surface area contributed by atoms with Crippen LogP contribution < -0.4 is 0 Å². The number of thioether (sulfide) groups is 1. The maximum absolute atomic E-state index is 4.19. The SMILES string of the molecule is c1ccc(-n2cnnc2SCc2nnnn2-c2ccccc2)cc1. The first-order chi connectivity index (χ1) is 11.9. The molecule has 8 heteroatoms. The van der Waals surface area contributed by atoms with Crippen LogP contribution in [0.4, 0.5) is 0 Å². The van der Waals surface area contributed by atoms with E-state index in [1.807, 2.05) is 65.2 Å². The molecule has 0 spiro atoms. The lowest BCUT2D eigenvalue weighted by Gasteiger charge is -2.06. The van der Waals surface area contributed by atoms with Crippen molar-refractivity contribution in [2.45, 2.75) is 10.9 Å². The lowest BCUT2D eigenvalue weighted by Crippen LogP contribution is -2.02. The summed E-state index contributed by atoms with van der Waals surface area (Å²) in [5.74, 6) is 1.35. The van der Waals surface area contributed by atoms with Crippen LogP contribution in [-0.4, -0.2) is 35.0 Å². The van der Waals surface area contributed by atoms with Gasteiger partial charge in [-0.15, -0.1) is 15.3 Å². The number of nitrogens with zero attached hydrogens (tertiary/aromatic N) is 7. The third kappa shape index (κ3) is 2.91. The lowest BCUT2D eigenvalue weighted by atomic mass is 10.3. The van der Waals surface area contributed by atoms with Gasteiger partial charge in [0.2, 0.25) is 0 Å². The fourth-order valence-corrected chi connectivity index (χ4v) is 3.12. The van der Waals surface area contributed by atoms with Gasteiger partial charge in [-0.3, -0.25) is 4.57 Å². The normalized spacial score (nSPS) is 10.8. The molecule has 0 unspecified atom stereocenters. The van der Waals surface area contributed by atoms with Crippen molar-refractivity contribution in [2.75, 3.05) is 0 Å². The van der Waals surface area contributed by atoms with Crippen LogP contribution in [0.5, 0.6) is 0 Å². The summed E-state index contributed by atoms with van der Waals surface area (Å²) < 4.78 is 3.68. The zero-order valence-electron chi connectivity index (χ0n) is 12.6. The summed E-state index contributed by atoms with van der Waals surface area (Å²) in [6.07, 6.45) is 1.71. The van der Waals surface area contributed by atoms with E-state index in [0.717, 1.165) is 22.4 Å². The van der Waals surface area contributed by atoms with Gasteiger partial charge in [-0.1, -0.05) is 48.2 Å². The average molecular weight is 335 g/mol. The monoisotopic (exact) mass is 335 g/mol. The van der Waals surface area contributed by atoms with Gasteiger partial charge in [0.25, 0.3) is 0 Å². The van der Waals surface area contributed by atoms with E-state index in [0.29, 0.717) is 5.75 Å². The number of para-hydroxylation sites is 2. The van der Waals surface area contributed by atoms with Gasteiger partial charge in [-0.05, 0) is 34.7 Å². The van der Waals surface area contributed by atoms with E-state index in [4.69, 9.17) is 0 Å².